The van der Waals surface area contributed by atoms with E-state index in [4.69, 9.17) is 16.7 Å². The Hall–Kier alpha value is -0.530. The summed E-state index contributed by atoms with van der Waals surface area (Å²) >= 11 is 5.89. The predicted molar refractivity (Wildman–Crippen MR) is 47.0 cm³/mol. The van der Waals surface area contributed by atoms with E-state index in [9.17, 15) is 0 Å². The molecule has 0 spiro atoms. The van der Waals surface area contributed by atoms with E-state index in [1.54, 1.807) is 0 Å². The maximum atomic E-state index is 8.85. The number of benzene rings is 1. The molecule has 0 aliphatic heterocycles. The largest absolute Gasteiger partial charge is 0.396 e. The fraction of sp³-hybridized carbons (Fsp3) is 0.333. The second-order valence-electron chi connectivity index (χ2n) is 2.61. The highest BCUT2D eigenvalue weighted by atomic mass is 35.5. The summed E-state index contributed by atoms with van der Waals surface area (Å²) < 4.78 is 0. The van der Waals surface area contributed by atoms with Crippen LogP contribution in [0.5, 0.6) is 0 Å². The van der Waals surface area contributed by atoms with Gasteiger partial charge in [-0.05, 0) is 11.6 Å². The molecule has 0 heterocycles. The van der Waals surface area contributed by atoms with Gasteiger partial charge in [0.1, 0.15) is 0 Å². The van der Waals surface area contributed by atoms with E-state index in [1.807, 2.05) is 31.2 Å². The lowest BCUT2D eigenvalue weighted by atomic mass is 10.0. The van der Waals surface area contributed by atoms with Crippen molar-refractivity contribution in [2.75, 3.05) is 6.61 Å². The van der Waals surface area contributed by atoms with Crippen LogP contribution in [0.3, 0.4) is 0 Å². The van der Waals surface area contributed by atoms with Gasteiger partial charge >= 0.3 is 0 Å². The summed E-state index contributed by atoms with van der Waals surface area (Å²) in [5.41, 5.74) is 1.01. The van der Waals surface area contributed by atoms with Crippen molar-refractivity contribution < 1.29 is 5.11 Å². The Kier molecular flexibility index (Phi) is 2.92. The Bertz CT molecular complexity index is 235. The summed E-state index contributed by atoms with van der Waals surface area (Å²) in [4.78, 5) is 0. The van der Waals surface area contributed by atoms with Gasteiger partial charge in [0.15, 0.2) is 0 Å². The van der Waals surface area contributed by atoms with Crippen LogP contribution in [-0.2, 0) is 0 Å². The van der Waals surface area contributed by atoms with Gasteiger partial charge in [0.05, 0.1) is 0 Å². The lowest BCUT2D eigenvalue weighted by molar-refractivity contribution is 0.273. The average Bonchev–Trinajstić information content (AvgIpc) is 2.04. The zero-order valence-corrected chi connectivity index (χ0v) is 7.17. The van der Waals surface area contributed by atoms with Crippen LogP contribution < -0.4 is 0 Å². The Labute approximate surface area is 71.6 Å². The molecule has 1 nitrogen and oxygen atoms in total. The van der Waals surface area contributed by atoms with Crippen molar-refractivity contribution in [3.8, 4) is 0 Å². The monoisotopic (exact) mass is 170 g/mol. The van der Waals surface area contributed by atoms with Gasteiger partial charge in [0.2, 0.25) is 0 Å². The fourth-order valence-electron chi connectivity index (χ4n) is 0.973. The van der Waals surface area contributed by atoms with E-state index in [0.717, 1.165) is 10.6 Å². The molecule has 0 radical (unpaired) electrons. The quantitative estimate of drug-likeness (QED) is 0.723. The summed E-state index contributed by atoms with van der Waals surface area (Å²) in [6, 6.07) is 7.58. The molecule has 1 N–H and O–H groups in total. The molecule has 0 aliphatic rings. The van der Waals surface area contributed by atoms with E-state index in [-0.39, 0.29) is 12.5 Å². The molecule has 0 bridgehead atoms. The molecule has 0 amide bonds. The smallest absolute Gasteiger partial charge is 0.0497 e. The van der Waals surface area contributed by atoms with Gasteiger partial charge in [-0.2, -0.15) is 0 Å². The molecule has 1 atom stereocenters. The van der Waals surface area contributed by atoms with Crippen LogP contribution in [0.2, 0.25) is 5.02 Å². The van der Waals surface area contributed by atoms with Crippen LogP contribution in [0.4, 0.5) is 0 Å². The molecule has 1 unspecified atom stereocenters. The molecule has 0 aromatic heterocycles. The third kappa shape index (κ3) is 1.95. The molecule has 11 heavy (non-hydrogen) atoms. The highest BCUT2D eigenvalue weighted by Crippen LogP contribution is 2.22. The van der Waals surface area contributed by atoms with Crippen molar-refractivity contribution >= 4 is 11.6 Å². The Morgan fingerprint density at radius 2 is 2.09 bits per heavy atom. The van der Waals surface area contributed by atoms with Crippen molar-refractivity contribution in [3.05, 3.63) is 34.9 Å². The first-order valence-electron chi connectivity index (χ1n) is 3.61. The Morgan fingerprint density at radius 1 is 1.45 bits per heavy atom. The minimum atomic E-state index is 0.128. The number of halogens is 1. The first-order valence-corrected chi connectivity index (χ1v) is 3.98. The first kappa shape index (κ1) is 8.57. The first-order chi connectivity index (χ1) is 5.25. The molecule has 1 rings (SSSR count). The summed E-state index contributed by atoms with van der Waals surface area (Å²) in [5.74, 6) is 0.128. The summed E-state index contributed by atoms with van der Waals surface area (Å²) in [7, 11) is 0. The fourth-order valence-corrected chi connectivity index (χ4v) is 1.30. The molecule has 1 aromatic carbocycles. The summed E-state index contributed by atoms with van der Waals surface area (Å²) in [5, 5.41) is 9.58. The maximum absolute atomic E-state index is 8.85. The van der Waals surface area contributed by atoms with Crippen LogP contribution in [0.1, 0.15) is 18.4 Å². The lowest BCUT2D eigenvalue weighted by Crippen LogP contribution is -1.98. The Morgan fingerprint density at radius 3 is 2.64 bits per heavy atom. The molecule has 0 saturated carbocycles. The van der Waals surface area contributed by atoms with Gasteiger partial charge in [-0.25, -0.2) is 0 Å². The molecule has 2 heteroatoms. The van der Waals surface area contributed by atoms with E-state index >= 15 is 0 Å². The van der Waals surface area contributed by atoms with Gasteiger partial charge in [-0.15, -0.1) is 0 Å². The molecule has 0 aliphatic carbocycles. The topological polar surface area (TPSA) is 20.2 Å². The van der Waals surface area contributed by atoms with Gasteiger partial charge in [-0.3, -0.25) is 0 Å². The van der Waals surface area contributed by atoms with Crippen LogP contribution in [0.15, 0.2) is 24.3 Å². The number of hydrogen-bond acceptors (Lipinski definition) is 1. The third-order valence-corrected chi connectivity index (χ3v) is 2.05. The van der Waals surface area contributed by atoms with Gasteiger partial charge in [0, 0.05) is 17.5 Å². The van der Waals surface area contributed by atoms with Crippen molar-refractivity contribution in [2.45, 2.75) is 12.8 Å². The number of aliphatic hydroxyl groups is 1. The standard InChI is InChI=1S/C9H11ClO/c1-7(6-11)8-4-2-3-5-9(8)10/h2-5,7,11H,6H2,1H3. The zero-order valence-electron chi connectivity index (χ0n) is 6.42. The van der Waals surface area contributed by atoms with Crippen molar-refractivity contribution in [1.82, 2.24) is 0 Å². The van der Waals surface area contributed by atoms with Crippen molar-refractivity contribution in [3.63, 3.8) is 0 Å². The highest BCUT2D eigenvalue weighted by Gasteiger charge is 2.06. The third-order valence-electron chi connectivity index (χ3n) is 1.71. The van der Waals surface area contributed by atoms with Crippen molar-refractivity contribution in [2.24, 2.45) is 0 Å². The van der Waals surface area contributed by atoms with Gasteiger partial charge < -0.3 is 5.11 Å². The van der Waals surface area contributed by atoms with E-state index in [0.29, 0.717) is 0 Å². The highest BCUT2D eigenvalue weighted by molar-refractivity contribution is 6.31. The second kappa shape index (κ2) is 3.74. The van der Waals surface area contributed by atoms with Gasteiger partial charge in [0.25, 0.3) is 0 Å². The summed E-state index contributed by atoms with van der Waals surface area (Å²) in [6.07, 6.45) is 0. The Balaban J connectivity index is 2.93. The second-order valence-corrected chi connectivity index (χ2v) is 3.01. The van der Waals surface area contributed by atoms with Gasteiger partial charge in [-0.1, -0.05) is 36.7 Å². The molecule has 1 aromatic rings. The SMILES string of the molecule is CC(CO)c1ccccc1Cl. The van der Waals surface area contributed by atoms with Crippen LogP contribution >= 0.6 is 11.6 Å². The van der Waals surface area contributed by atoms with Crippen LogP contribution in [-0.4, -0.2) is 11.7 Å². The number of hydrogen-bond donors (Lipinski definition) is 1. The zero-order chi connectivity index (χ0) is 8.27. The maximum Gasteiger partial charge on any atom is 0.0497 e. The molecule has 0 fully saturated rings. The lowest BCUT2D eigenvalue weighted by Gasteiger charge is -2.08. The van der Waals surface area contributed by atoms with Crippen molar-refractivity contribution in [1.29, 1.82) is 0 Å². The minimum absolute atomic E-state index is 0.128. The minimum Gasteiger partial charge on any atom is -0.396 e. The average molecular weight is 171 g/mol. The molecular weight excluding hydrogens is 160 g/mol. The molecular formula is C9H11ClO. The molecule has 60 valence electrons. The van der Waals surface area contributed by atoms with E-state index < -0.39 is 0 Å². The predicted octanol–water partition coefficient (Wildman–Crippen LogP) is 2.44. The number of rotatable bonds is 2. The van der Waals surface area contributed by atoms with Crippen LogP contribution in [0, 0.1) is 0 Å². The van der Waals surface area contributed by atoms with Crippen LogP contribution in [0.25, 0.3) is 0 Å². The van der Waals surface area contributed by atoms with E-state index in [1.165, 1.54) is 0 Å². The number of aliphatic hydroxyl groups excluding tert-OH is 1. The normalized spacial score (nSPS) is 13.0. The molecule has 0 saturated heterocycles. The van der Waals surface area contributed by atoms with E-state index in [2.05, 4.69) is 0 Å². The summed E-state index contributed by atoms with van der Waals surface area (Å²) in [6.45, 7) is 2.09.